The first-order valence-corrected chi connectivity index (χ1v) is 4.67. The van der Waals surface area contributed by atoms with Crippen molar-refractivity contribution in [1.82, 2.24) is 10.1 Å². The molecule has 1 N–H and O–H groups in total. The average Bonchev–Trinajstić information content (AvgIpc) is 2.74. The third-order valence-electron chi connectivity index (χ3n) is 2.19. The van der Waals surface area contributed by atoms with Gasteiger partial charge in [0.2, 0.25) is 0 Å². The summed E-state index contributed by atoms with van der Waals surface area (Å²) in [5, 5.41) is 12.3. The number of carbonyl (C=O) groups is 2. The van der Waals surface area contributed by atoms with Crippen molar-refractivity contribution in [3.05, 3.63) is 17.5 Å². The summed E-state index contributed by atoms with van der Waals surface area (Å²) in [6, 6.07) is 1.65. The highest BCUT2D eigenvalue weighted by molar-refractivity contribution is 5.78. The van der Waals surface area contributed by atoms with Crippen molar-refractivity contribution in [2.45, 2.75) is 13.0 Å². The largest absolute Gasteiger partial charge is 0.480 e. The summed E-state index contributed by atoms with van der Waals surface area (Å²) < 4.78 is 9.83. The van der Waals surface area contributed by atoms with Crippen molar-refractivity contribution in [2.24, 2.45) is 0 Å². The molecule has 1 fully saturated rings. The van der Waals surface area contributed by atoms with Crippen molar-refractivity contribution in [1.29, 1.82) is 0 Å². The number of amides is 1. The van der Waals surface area contributed by atoms with E-state index in [4.69, 9.17) is 14.4 Å². The van der Waals surface area contributed by atoms with Crippen LogP contribution in [0.5, 0.6) is 0 Å². The zero-order valence-corrected chi connectivity index (χ0v) is 8.54. The Morgan fingerprint density at radius 1 is 1.75 bits per heavy atom. The summed E-state index contributed by atoms with van der Waals surface area (Å²) >= 11 is 0. The minimum absolute atomic E-state index is 0.178. The van der Waals surface area contributed by atoms with E-state index in [0.717, 1.165) is 4.90 Å². The van der Waals surface area contributed by atoms with E-state index in [-0.39, 0.29) is 13.1 Å². The quantitative estimate of drug-likeness (QED) is 0.809. The fourth-order valence-electron chi connectivity index (χ4n) is 1.49. The van der Waals surface area contributed by atoms with E-state index in [1.54, 1.807) is 13.0 Å². The van der Waals surface area contributed by atoms with Crippen LogP contribution in [0.3, 0.4) is 0 Å². The molecule has 0 radical (unpaired) electrons. The van der Waals surface area contributed by atoms with Crippen LogP contribution in [0, 0.1) is 6.92 Å². The Kier molecular flexibility index (Phi) is 2.51. The van der Waals surface area contributed by atoms with Crippen LogP contribution in [0.2, 0.25) is 0 Å². The molecule has 1 unspecified atom stereocenters. The van der Waals surface area contributed by atoms with Gasteiger partial charge in [-0.3, -0.25) is 9.69 Å². The molecule has 0 saturated carbocycles. The fraction of sp³-hybridized carbons (Fsp3) is 0.444. The molecule has 7 heteroatoms. The molecule has 2 heterocycles. The Labute approximate surface area is 90.6 Å². The van der Waals surface area contributed by atoms with Gasteiger partial charge in [0.05, 0.1) is 6.54 Å². The van der Waals surface area contributed by atoms with Gasteiger partial charge in [-0.2, -0.15) is 0 Å². The Balaban J connectivity index is 2.06. The number of hydrogen-bond acceptors (Lipinski definition) is 5. The Morgan fingerprint density at radius 2 is 2.50 bits per heavy atom. The minimum Gasteiger partial charge on any atom is -0.480 e. The fourth-order valence-corrected chi connectivity index (χ4v) is 1.49. The number of cyclic esters (lactones) is 1. The predicted octanol–water partition coefficient (Wildman–Crippen LogP) is 0.561. The zero-order chi connectivity index (χ0) is 11.7. The standard InChI is InChI=1S/C9H10N2O5/c1-5-2-6(10-16-5)7-3-11(4-8(12)13)9(14)15-7/h2,7H,3-4H2,1H3,(H,12,13). The molecule has 7 nitrogen and oxygen atoms in total. The topological polar surface area (TPSA) is 92.9 Å². The first-order chi connectivity index (χ1) is 7.56. The molecule has 0 aliphatic carbocycles. The van der Waals surface area contributed by atoms with E-state index >= 15 is 0 Å². The van der Waals surface area contributed by atoms with Gasteiger partial charge >= 0.3 is 12.1 Å². The number of aromatic nitrogens is 1. The number of carboxylic acids is 1. The van der Waals surface area contributed by atoms with E-state index < -0.39 is 18.2 Å². The summed E-state index contributed by atoms with van der Waals surface area (Å²) in [5.41, 5.74) is 0.499. The van der Waals surface area contributed by atoms with Gasteiger partial charge in [-0.1, -0.05) is 5.16 Å². The van der Waals surface area contributed by atoms with Gasteiger partial charge in [-0.25, -0.2) is 4.79 Å². The van der Waals surface area contributed by atoms with Crippen LogP contribution in [-0.2, 0) is 9.53 Å². The van der Waals surface area contributed by atoms with Gasteiger partial charge in [0, 0.05) is 6.07 Å². The number of rotatable bonds is 3. The smallest absolute Gasteiger partial charge is 0.411 e. The lowest BCUT2D eigenvalue weighted by atomic mass is 10.2. The van der Waals surface area contributed by atoms with Crippen molar-refractivity contribution < 1.29 is 24.0 Å². The van der Waals surface area contributed by atoms with Crippen molar-refractivity contribution in [2.75, 3.05) is 13.1 Å². The molecule has 0 bridgehead atoms. The molecule has 1 aliphatic heterocycles. The van der Waals surface area contributed by atoms with Gasteiger partial charge in [0.15, 0.2) is 6.10 Å². The van der Waals surface area contributed by atoms with Gasteiger partial charge in [-0.15, -0.1) is 0 Å². The third-order valence-corrected chi connectivity index (χ3v) is 2.19. The highest BCUT2D eigenvalue weighted by Gasteiger charge is 2.35. The van der Waals surface area contributed by atoms with Crippen LogP contribution in [-0.4, -0.2) is 40.3 Å². The lowest BCUT2D eigenvalue weighted by Crippen LogP contribution is -2.30. The lowest BCUT2D eigenvalue weighted by molar-refractivity contribution is -0.137. The maximum Gasteiger partial charge on any atom is 0.411 e. The Hall–Kier alpha value is -2.05. The van der Waals surface area contributed by atoms with Crippen LogP contribution >= 0.6 is 0 Å². The second-order valence-corrected chi connectivity index (χ2v) is 3.51. The molecule has 1 saturated heterocycles. The molecule has 2 rings (SSSR count). The molecule has 1 atom stereocenters. The summed E-state index contributed by atoms with van der Waals surface area (Å²) in [7, 11) is 0. The summed E-state index contributed by atoms with van der Waals surface area (Å²) in [4.78, 5) is 22.9. The average molecular weight is 226 g/mol. The molecule has 0 aromatic carbocycles. The minimum atomic E-state index is -1.08. The molecule has 16 heavy (non-hydrogen) atoms. The van der Waals surface area contributed by atoms with Crippen molar-refractivity contribution in [3.63, 3.8) is 0 Å². The van der Waals surface area contributed by atoms with Gasteiger partial charge in [0.1, 0.15) is 18.0 Å². The van der Waals surface area contributed by atoms with Crippen LogP contribution in [0.1, 0.15) is 17.6 Å². The maximum absolute atomic E-state index is 11.3. The van der Waals surface area contributed by atoms with Gasteiger partial charge in [0.25, 0.3) is 0 Å². The molecular formula is C9H10N2O5. The second kappa shape index (κ2) is 3.84. The maximum atomic E-state index is 11.3. The van der Waals surface area contributed by atoms with Crippen LogP contribution in [0.25, 0.3) is 0 Å². The molecule has 1 aromatic rings. The monoisotopic (exact) mass is 226 g/mol. The van der Waals surface area contributed by atoms with E-state index in [1.165, 1.54) is 0 Å². The second-order valence-electron chi connectivity index (χ2n) is 3.51. The van der Waals surface area contributed by atoms with Crippen LogP contribution in [0.15, 0.2) is 10.6 Å². The SMILES string of the molecule is Cc1cc(C2CN(CC(=O)O)C(=O)O2)no1. The number of ether oxygens (including phenoxy) is 1. The zero-order valence-electron chi connectivity index (χ0n) is 8.54. The predicted molar refractivity (Wildman–Crippen MR) is 49.7 cm³/mol. The highest BCUT2D eigenvalue weighted by Crippen LogP contribution is 2.25. The molecular weight excluding hydrogens is 216 g/mol. The summed E-state index contributed by atoms with van der Waals surface area (Å²) in [6.07, 6.45) is -1.20. The molecule has 1 aliphatic rings. The van der Waals surface area contributed by atoms with Crippen molar-refractivity contribution >= 4 is 12.1 Å². The molecule has 0 spiro atoms. The van der Waals surface area contributed by atoms with E-state index in [1.807, 2.05) is 0 Å². The number of aliphatic carboxylic acids is 1. The number of aryl methyl sites for hydroxylation is 1. The normalized spacial score (nSPS) is 19.9. The molecule has 86 valence electrons. The van der Waals surface area contributed by atoms with E-state index in [2.05, 4.69) is 5.16 Å². The number of nitrogens with zero attached hydrogens (tertiary/aromatic N) is 2. The first-order valence-electron chi connectivity index (χ1n) is 4.67. The Bertz CT molecular complexity index is 427. The van der Waals surface area contributed by atoms with Crippen molar-refractivity contribution in [3.8, 4) is 0 Å². The molecule has 1 aromatic heterocycles. The highest BCUT2D eigenvalue weighted by atomic mass is 16.6. The van der Waals surface area contributed by atoms with E-state index in [9.17, 15) is 9.59 Å². The van der Waals surface area contributed by atoms with Crippen LogP contribution < -0.4 is 0 Å². The lowest BCUT2D eigenvalue weighted by Gasteiger charge is -2.07. The van der Waals surface area contributed by atoms with Crippen LogP contribution in [0.4, 0.5) is 4.79 Å². The van der Waals surface area contributed by atoms with Gasteiger partial charge < -0.3 is 14.4 Å². The molecule has 1 amide bonds. The number of carboxylic acid groups (broad SMARTS) is 1. The third kappa shape index (κ3) is 1.97. The number of carbonyl (C=O) groups excluding carboxylic acids is 1. The first kappa shape index (κ1) is 10.5. The summed E-state index contributed by atoms with van der Waals surface area (Å²) in [6.45, 7) is 1.53. The van der Waals surface area contributed by atoms with E-state index in [0.29, 0.717) is 11.5 Å². The summed E-state index contributed by atoms with van der Waals surface area (Å²) in [5.74, 6) is -0.461. The Morgan fingerprint density at radius 3 is 3.06 bits per heavy atom. The van der Waals surface area contributed by atoms with Gasteiger partial charge in [-0.05, 0) is 6.92 Å². The number of hydrogen-bond donors (Lipinski definition) is 1.